The molecular weight excluding hydrogens is 229 g/mol. The summed E-state index contributed by atoms with van der Waals surface area (Å²) in [5.41, 5.74) is 4.56. The summed E-state index contributed by atoms with van der Waals surface area (Å²) in [7, 11) is 0. The van der Waals surface area contributed by atoms with Crippen molar-refractivity contribution in [1.29, 1.82) is 0 Å². The number of benzene rings is 1. The Balaban J connectivity index is 3.04. The van der Waals surface area contributed by atoms with Crippen LogP contribution in [0.2, 0.25) is 0 Å². The number of amides is 1. The Morgan fingerprint density at radius 2 is 2.29 bits per heavy atom. The molecule has 1 atom stereocenters. The second-order valence-electron chi connectivity index (χ2n) is 3.53. The molecule has 92 valence electrons. The zero-order valence-corrected chi connectivity index (χ0v) is 9.14. The van der Waals surface area contributed by atoms with Crippen molar-refractivity contribution in [2.75, 3.05) is 6.54 Å². The van der Waals surface area contributed by atoms with Gasteiger partial charge in [0.25, 0.3) is 11.6 Å². The van der Waals surface area contributed by atoms with Crippen molar-refractivity contribution in [3.63, 3.8) is 0 Å². The van der Waals surface area contributed by atoms with Gasteiger partial charge in [-0.05, 0) is 19.1 Å². The molecule has 7 heteroatoms. The number of nitrogens with zero attached hydrogens (tertiary/aromatic N) is 1. The smallest absolute Gasteiger partial charge is 0.285 e. The summed E-state index contributed by atoms with van der Waals surface area (Å²) in [6, 6.07) is 2.47. The lowest BCUT2D eigenvalue weighted by Crippen LogP contribution is -2.38. The number of nitro benzene ring substituents is 1. The highest BCUT2D eigenvalue weighted by Gasteiger charge is 2.21. The number of hydrogen-bond donors (Lipinski definition) is 2. The summed E-state index contributed by atoms with van der Waals surface area (Å²) >= 11 is 0. The van der Waals surface area contributed by atoms with Crippen LogP contribution in [0, 0.1) is 15.9 Å². The predicted octanol–water partition coefficient (Wildman–Crippen LogP) is 0.811. The standard InChI is InChI=1S/C10H12FN3O3/c1-6(5-12)13-10(15)8-3-2-7(11)4-9(8)14(16)17/h2-4,6H,5,12H2,1H3,(H,13,15)/t6-/m1/s1. The normalized spacial score (nSPS) is 11.9. The summed E-state index contributed by atoms with van der Waals surface area (Å²) in [4.78, 5) is 21.5. The molecule has 0 saturated carbocycles. The molecule has 3 N–H and O–H groups in total. The Kier molecular flexibility index (Phi) is 4.11. The van der Waals surface area contributed by atoms with Crippen molar-refractivity contribution in [1.82, 2.24) is 5.32 Å². The maximum absolute atomic E-state index is 12.8. The minimum absolute atomic E-state index is 0.184. The molecule has 0 heterocycles. The Morgan fingerprint density at radius 3 is 2.82 bits per heavy atom. The summed E-state index contributed by atoms with van der Waals surface area (Å²) < 4.78 is 12.8. The first-order valence-corrected chi connectivity index (χ1v) is 4.90. The van der Waals surface area contributed by atoms with Crippen LogP contribution in [0.3, 0.4) is 0 Å². The van der Waals surface area contributed by atoms with E-state index in [2.05, 4.69) is 5.32 Å². The first-order chi connectivity index (χ1) is 7.95. The molecule has 0 aliphatic heterocycles. The number of carbonyl (C=O) groups is 1. The third-order valence-corrected chi connectivity index (χ3v) is 2.13. The highest BCUT2D eigenvalue weighted by Crippen LogP contribution is 2.19. The highest BCUT2D eigenvalue weighted by atomic mass is 19.1. The maximum atomic E-state index is 12.8. The lowest BCUT2D eigenvalue weighted by atomic mass is 10.1. The fraction of sp³-hybridized carbons (Fsp3) is 0.300. The van der Waals surface area contributed by atoms with E-state index in [1.807, 2.05) is 0 Å². The summed E-state index contributed by atoms with van der Waals surface area (Å²) in [5, 5.41) is 13.1. The van der Waals surface area contributed by atoms with Gasteiger partial charge in [-0.1, -0.05) is 0 Å². The van der Waals surface area contributed by atoms with E-state index in [0.29, 0.717) is 6.07 Å². The molecule has 0 aliphatic rings. The minimum Gasteiger partial charge on any atom is -0.348 e. The van der Waals surface area contributed by atoms with Gasteiger partial charge in [0.05, 0.1) is 11.0 Å². The van der Waals surface area contributed by atoms with Crippen LogP contribution < -0.4 is 11.1 Å². The Labute approximate surface area is 96.8 Å². The van der Waals surface area contributed by atoms with Crippen LogP contribution in [0.1, 0.15) is 17.3 Å². The van der Waals surface area contributed by atoms with Gasteiger partial charge in [0.1, 0.15) is 11.4 Å². The number of nitrogens with one attached hydrogen (secondary N) is 1. The van der Waals surface area contributed by atoms with Crippen LogP contribution in [0.15, 0.2) is 18.2 Å². The van der Waals surface area contributed by atoms with E-state index < -0.39 is 22.3 Å². The molecule has 0 spiro atoms. The van der Waals surface area contributed by atoms with E-state index >= 15 is 0 Å². The van der Waals surface area contributed by atoms with Crippen LogP contribution in [-0.4, -0.2) is 23.4 Å². The minimum atomic E-state index is -0.800. The number of nitrogens with two attached hydrogens (primary N) is 1. The summed E-state index contributed by atoms with van der Waals surface area (Å²) in [6.45, 7) is 1.87. The highest BCUT2D eigenvalue weighted by molar-refractivity contribution is 5.98. The Hall–Kier alpha value is -2.02. The average molecular weight is 241 g/mol. The van der Waals surface area contributed by atoms with E-state index in [-0.39, 0.29) is 18.2 Å². The summed E-state index contributed by atoms with van der Waals surface area (Å²) in [6.07, 6.45) is 0. The quantitative estimate of drug-likeness (QED) is 0.602. The van der Waals surface area contributed by atoms with Crippen molar-refractivity contribution >= 4 is 11.6 Å². The molecule has 1 aromatic rings. The van der Waals surface area contributed by atoms with Crippen LogP contribution in [0.5, 0.6) is 0 Å². The molecule has 0 fully saturated rings. The van der Waals surface area contributed by atoms with Gasteiger partial charge >= 0.3 is 0 Å². The van der Waals surface area contributed by atoms with Gasteiger partial charge in [0.15, 0.2) is 0 Å². The second-order valence-corrected chi connectivity index (χ2v) is 3.53. The molecule has 1 amide bonds. The first kappa shape index (κ1) is 13.0. The van der Waals surface area contributed by atoms with Gasteiger partial charge in [-0.2, -0.15) is 0 Å². The van der Waals surface area contributed by atoms with Gasteiger partial charge in [-0.25, -0.2) is 4.39 Å². The molecule has 6 nitrogen and oxygen atoms in total. The van der Waals surface area contributed by atoms with E-state index in [1.54, 1.807) is 6.92 Å². The fourth-order valence-electron chi connectivity index (χ4n) is 1.21. The van der Waals surface area contributed by atoms with Gasteiger partial charge in [0, 0.05) is 12.6 Å². The van der Waals surface area contributed by atoms with E-state index in [9.17, 15) is 19.3 Å². The molecule has 1 rings (SSSR count). The number of nitro groups is 1. The molecule has 0 aromatic heterocycles. The Morgan fingerprint density at radius 1 is 1.65 bits per heavy atom. The number of rotatable bonds is 4. The summed E-state index contributed by atoms with van der Waals surface area (Å²) in [5.74, 6) is -1.41. The van der Waals surface area contributed by atoms with E-state index in [0.717, 1.165) is 12.1 Å². The van der Waals surface area contributed by atoms with Crippen molar-refractivity contribution in [3.8, 4) is 0 Å². The molecule has 1 aromatic carbocycles. The fourth-order valence-corrected chi connectivity index (χ4v) is 1.21. The van der Waals surface area contributed by atoms with Crippen molar-refractivity contribution < 1.29 is 14.1 Å². The Bertz CT molecular complexity index is 450. The topological polar surface area (TPSA) is 98.3 Å². The van der Waals surface area contributed by atoms with E-state index in [1.165, 1.54) is 0 Å². The average Bonchev–Trinajstić information content (AvgIpc) is 2.28. The molecule has 0 saturated heterocycles. The molecule has 0 radical (unpaired) electrons. The number of halogens is 1. The van der Waals surface area contributed by atoms with Crippen molar-refractivity contribution in [2.45, 2.75) is 13.0 Å². The second kappa shape index (κ2) is 5.35. The molecule has 17 heavy (non-hydrogen) atoms. The third kappa shape index (κ3) is 3.22. The maximum Gasteiger partial charge on any atom is 0.285 e. The molecule has 0 unspecified atom stereocenters. The third-order valence-electron chi connectivity index (χ3n) is 2.13. The van der Waals surface area contributed by atoms with Gasteiger partial charge in [-0.15, -0.1) is 0 Å². The molecular formula is C10H12FN3O3. The lowest BCUT2D eigenvalue weighted by molar-refractivity contribution is -0.385. The zero-order chi connectivity index (χ0) is 13.0. The largest absolute Gasteiger partial charge is 0.348 e. The van der Waals surface area contributed by atoms with Crippen LogP contribution in [0.4, 0.5) is 10.1 Å². The molecule has 0 bridgehead atoms. The SMILES string of the molecule is C[C@H](CN)NC(=O)c1ccc(F)cc1[N+](=O)[O-]. The number of carbonyl (C=O) groups excluding carboxylic acids is 1. The predicted molar refractivity (Wildman–Crippen MR) is 59.0 cm³/mol. The van der Waals surface area contributed by atoms with Crippen LogP contribution >= 0.6 is 0 Å². The van der Waals surface area contributed by atoms with Gasteiger partial charge < -0.3 is 11.1 Å². The first-order valence-electron chi connectivity index (χ1n) is 4.90. The molecule has 0 aliphatic carbocycles. The van der Waals surface area contributed by atoms with E-state index in [4.69, 9.17) is 5.73 Å². The van der Waals surface area contributed by atoms with Crippen molar-refractivity contribution in [2.24, 2.45) is 5.73 Å². The van der Waals surface area contributed by atoms with Crippen LogP contribution in [0.25, 0.3) is 0 Å². The van der Waals surface area contributed by atoms with Gasteiger partial charge in [-0.3, -0.25) is 14.9 Å². The zero-order valence-electron chi connectivity index (χ0n) is 9.14. The number of hydrogen-bond acceptors (Lipinski definition) is 4. The van der Waals surface area contributed by atoms with Crippen molar-refractivity contribution in [3.05, 3.63) is 39.7 Å². The monoisotopic (exact) mass is 241 g/mol. The van der Waals surface area contributed by atoms with Gasteiger partial charge in [0.2, 0.25) is 0 Å². The lowest BCUT2D eigenvalue weighted by Gasteiger charge is -2.11. The van der Waals surface area contributed by atoms with Crippen LogP contribution in [-0.2, 0) is 0 Å².